The number of anilines is 2. The van der Waals surface area contributed by atoms with Crippen LogP contribution >= 0.6 is 0 Å². The fourth-order valence-corrected chi connectivity index (χ4v) is 2.52. The monoisotopic (exact) mass is 342 g/mol. The van der Waals surface area contributed by atoms with Gasteiger partial charge in [0, 0.05) is 0 Å². The smallest absolute Gasteiger partial charge is 0.0640 e. The van der Waals surface area contributed by atoms with Crippen molar-refractivity contribution in [3.05, 3.63) is 59.7 Å². The first-order valence-corrected chi connectivity index (χ1v) is 8.64. The predicted molar refractivity (Wildman–Crippen MR) is 104 cm³/mol. The van der Waals surface area contributed by atoms with Crippen molar-refractivity contribution in [1.82, 2.24) is 0 Å². The zero-order chi connectivity index (χ0) is 18.8. The minimum atomic E-state index is -0.333. The van der Waals surface area contributed by atoms with Gasteiger partial charge in [-0.1, -0.05) is 24.3 Å². The van der Waals surface area contributed by atoms with Crippen LogP contribution in [-0.4, -0.2) is 21.5 Å². The maximum absolute atomic E-state index is 10.2. The minimum Gasteiger partial charge on any atom is -0.288 e. The van der Waals surface area contributed by atoms with E-state index in [1.54, 1.807) is 0 Å². The summed E-state index contributed by atoms with van der Waals surface area (Å²) in [5.41, 5.74) is 3.26. The molecule has 25 heavy (non-hydrogen) atoms. The topological polar surface area (TPSA) is 46.9 Å². The van der Waals surface area contributed by atoms with E-state index in [1.807, 2.05) is 90.1 Å². The fraction of sp³-hybridized carbons (Fsp3) is 0.429. The molecule has 0 aliphatic carbocycles. The Bertz CT molecular complexity index is 618. The highest BCUT2D eigenvalue weighted by molar-refractivity contribution is 5.49. The van der Waals surface area contributed by atoms with Crippen molar-refractivity contribution in [1.29, 1.82) is 0 Å². The van der Waals surface area contributed by atoms with Crippen molar-refractivity contribution in [2.45, 2.75) is 59.0 Å². The van der Waals surface area contributed by atoms with E-state index < -0.39 is 0 Å². The average Bonchev–Trinajstić information content (AvgIpc) is 2.53. The van der Waals surface area contributed by atoms with E-state index in [2.05, 4.69) is 0 Å². The highest BCUT2D eigenvalue weighted by Gasteiger charge is 2.20. The van der Waals surface area contributed by atoms with Crippen LogP contribution < -0.4 is 10.1 Å². The van der Waals surface area contributed by atoms with E-state index in [9.17, 15) is 10.4 Å². The second-order valence-corrected chi connectivity index (χ2v) is 8.47. The van der Waals surface area contributed by atoms with Crippen LogP contribution in [0.3, 0.4) is 0 Å². The lowest BCUT2D eigenvalue weighted by Crippen LogP contribution is -2.38. The lowest BCUT2D eigenvalue weighted by molar-refractivity contribution is 0.181. The van der Waals surface area contributed by atoms with E-state index in [1.165, 1.54) is 21.3 Å². The summed E-state index contributed by atoms with van der Waals surface area (Å²) in [4.78, 5) is 0. The van der Waals surface area contributed by atoms with E-state index in [0.29, 0.717) is 0 Å². The molecule has 0 atom stereocenters. The molecule has 0 aromatic heterocycles. The highest BCUT2D eigenvalue weighted by atomic mass is 16.5. The molecule has 0 saturated carbocycles. The molecule has 0 aliphatic heterocycles. The normalized spacial score (nSPS) is 12.2. The summed E-state index contributed by atoms with van der Waals surface area (Å²) in [6.07, 6.45) is 0.808. The Morgan fingerprint density at radius 3 is 1.12 bits per heavy atom. The van der Waals surface area contributed by atoms with Gasteiger partial charge in [-0.3, -0.25) is 20.5 Å². The van der Waals surface area contributed by atoms with Gasteiger partial charge >= 0.3 is 0 Å². The van der Waals surface area contributed by atoms with Crippen LogP contribution in [0.2, 0.25) is 0 Å². The minimum absolute atomic E-state index is 0.333. The van der Waals surface area contributed by atoms with Crippen molar-refractivity contribution in [2.24, 2.45) is 0 Å². The summed E-state index contributed by atoms with van der Waals surface area (Å²) in [6, 6.07) is 15.9. The van der Waals surface area contributed by atoms with Crippen molar-refractivity contribution < 1.29 is 10.4 Å². The van der Waals surface area contributed by atoms with E-state index in [4.69, 9.17) is 0 Å². The number of hydroxylamine groups is 2. The quantitative estimate of drug-likeness (QED) is 0.744. The zero-order valence-corrected chi connectivity index (χ0v) is 16.1. The summed E-state index contributed by atoms with van der Waals surface area (Å²) in [5.74, 6) is 0. The Hall–Kier alpha value is -2.04. The van der Waals surface area contributed by atoms with Crippen molar-refractivity contribution in [2.75, 3.05) is 10.1 Å². The molecule has 4 heteroatoms. The molecule has 136 valence electrons. The number of nitrogens with zero attached hydrogens (tertiary/aromatic N) is 2. The molecule has 0 heterocycles. The lowest BCUT2D eigenvalue weighted by Gasteiger charge is -2.31. The van der Waals surface area contributed by atoms with Gasteiger partial charge in [-0.15, -0.1) is 0 Å². The maximum atomic E-state index is 10.2. The van der Waals surface area contributed by atoms with Gasteiger partial charge in [0.25, 0.3) is 0 Å². The Kier molecular flexibility index (Phi) is 5.45. The Morgan fingerprint density at radius 1 is 0.600 bits per heavy atom. The summed E-state index contributed by atoms with van der Waals surface area (Å²) < 4.78 is 0. The summed E-state index contributed by atoms with van der Waals surface area (Å²) in [7, 11) is 0. The van der Waals surface area contributed by atoms with Crippen LogP contribution in [0, 0.1) is 0 Å². The van der Waals surface area contributed by atoms with E-state index >= 15 is 0 Å². The number of hydrogen-bond donors (Lipinski definition) is 2. The third-order valence-corrected chi connectivity index (χ3v) is 4.04. The molecular weight excluding hydrogens is 312 g/mol. The molecule has 4 nitrogen and oxygen atoms in total. The van der Waals surface area contributed by atoms with E-state index in [-0.39, 0.29) is 11.1 Å². The van der Waals surface area contributed by atoms with Crippen molar-refractivity contribution in [3.63, 3.8) is 0 Å². The van der Waals surface area contributed by atoms with Gasteiger partial charge in [0.2, 0.25) is 0 Å². The molecular formula is C21H30N2O2. The van der Waals surface area contributed by atoms with Gasteiger partial charge in [-0.25, -0.2) is 0 Å². The molecule has 2 N–H and O–H groups in total. The fourth-order valence-electron chi connectivity index (χ4n) is 2.52. The summed E-state index contributed by atoms with van der Waals surface area (Å²) >= 11 is 0. The van der Waals surface area contributed by atoms with Gasteiger partial charge in [-0.2, -0.15) is 0 Å². The Labute approximate surface area is 151 Å². The number of hydrogen-bond acceptors (Lipinski definition) is 4. The molecule has 0 amide bonds. The molecule has 0 spiro atoms. The second kappa shape index (κ2) is 7.06. The van der Waals surface area contributed by atoms with Crippen LogP contribution in [0.1, 0.15) is 52.7 Å². The predicted octanol–water partition coefficient (Wildman–Crippen LogP) is 5.27. The van der Waals surface area contributed by atoms with Crippen LogP contribution in [0.25, 0.3) is 0 Å². The molecule has 0 unspecified atom stereocenters. The average molecular weight is 342 g/mol. The first-order valence-electron chi connectivity index (χ1n) is 8.64. The van der Waals surface area contributed by atoms with Crippen LogP contribution in [-0.2, 0) is 6.42 Å². The summed E-state index contributed by atoms with van der Waals surface area (Å²) in [6.45, 7) is 11.8. The van der Waals surface area contributed by atoms with Gasteiger partial charge in [0.15, 0.2) is 0 Å². The van der Waals surface area contributed by atoms with Crippen LogP contribution in [0.4, 0.5) is 11.4 Å². The second-order valence-electron chi connectivity index (χ2n) is 8.47. The first kappa shape index (κ1) is 19.3. The number of benzene rings is 2. The third kappa shape index (κ3) is 4.97. The Balaban J connectivity index is 2.08. The zero-order valence-electron chi connectivity index (χ0n) is 16.1. The van der Waals surface area contributed by atoms with Crippen LogP contribution in [0.15, 0.2) is 48.5 Å². The van der Waals surface area contributed by atoms with Gasteiger partial charge < -0.3 is 0 Å². The first-order chi connectivity index (χ1) is 11.5. The largest absolute Gasteiger partial charge is 0.288 e. The number of rotatable bonds is 4. The molecule has 0 radical (unpaired) electrons. The lowest BCUT2D eigenvalue weighted by atomic mass is 10.0. The van der Waals surface area contributed by atoms with Gasteiger partial charge in [0.1, 0.15) is 0 Å². The summed E-state index contributed by atoms with van der Waals surface area (Å²) in [5, 5.41) is 23.0. The standard InChI is InChI=1S/C21H30N2O2/c1-20(2,3)22(24)18-11-7-16(8-12-18)15-17-9-13-19(14-10-17)23(25)21(4,5)6/h7-14,24-25H,15H2,1-6H3. The third-order valence-electron chi connectivity index (χ3n) is 4.04. The van der Waals surface area contributed by atoms with Gasteiger partial charge in [0.05, 0.1) is 22.5 Å². The molecule has 0 fully saturated rings. The SMILES string of the molecule is CC(C)(C)N(O)c1ccc(Cc2ccc(N(O)C(C)(C)C)cc2)cc1. The Morgan fingerprint density at radius 2 is 0.880 bits per heavy atom. The molecule has 2 rings (SSSR count). The van der Waals surface area contributed by atoms with Crippen molar-refractivity contribution >= 4 is 11.4 Å². The molecule has 0 saturated heterocycles. The van der Waals surface area contributed by atoms with Crippen molar-refractivity contribution in [3.8, 4) is 0 Å². The highest BCUT2D eigenvalue weighted by Crippen LogP contribution is 2.24. The molecule has 2 aromatic carbocycles. The van der Waals surface area contributed by atoms with Crippen LogP contribution in [0.5, 0.6) is 0 Å². The van der Waals surface area contributed by atoms with Gasteiger partial charge in [-0.05, 0) is 83.4 Å². The molecule has 2 aromatic rings. The van der Waals surface area contributed by atoms with E-state index in [0.717, 1.165) is 17.8 Å². The molecule has 0 bridgehead atoms. The molecule has 0 aliphatic rings. The maximum Gasteiger partial charge on any atom is 0.0640 e.